The van der Waals surface area contributed by atoms with Crippen LogP contribution in [0.2, 0.25) is 5.02 Å². The van der Waals surface area contributed by atoms with Crippen LogP contribution in [0.25, 0.3) is 0 Å². The Bertz CT molecular complexity index is 366. The molecule has 0 radical (unpaired) electrons. The maximum absolute atomic E-state index is 11.4. The van der Waals surface area contributed by atoms with Gasteiger partial charge < -0.3 is 10.5 Å². The highest BCUT2D eigenvalue weighted by Gasteiger charge is 2.21. The molecule has 0 aliphatic heterocycles. The molecule has 0 aromatic heterocycles. The monoisotopic (exact) mass is 227 g/mol. The molecule has 0 spiro atoms. The zero-order valence-electron chi connectivity index (χ0n) is 8.79. The summed E-state index contributed by atoms with van der Waals surface area (Å²) in [6.45, 7) is 2.13. The largest absolute Gasteiger partial charge is 0.469 e. The summed E-state index contributed by atoms with van der Waals surface area (Å²) in [5, 5.41) is 0.552. The molecule has 1 atom stereocenters. The van der Waals surface area contributed by atoms with E-state index in [4.69, 9.17) is 17.3 Å². The topological polar surface area (TPSA) is 52.3 Å². The van der Waals surface area contributed by atoms with Crippen LogP contribution in [0, 0.1) is 6.92 Å². The lowest BCUT2D eigenvalue weighted by molar-refractivity contribution is -0.142. The summed E-state index contributed by atoms with van der Waals surface area (Å²) in [4.78, 5) is 11.4. The molecule has 0 heterocycles. The predicted octanol–water partition coefficient (Wildman–Crippen LogP) is 1.86. The van der Waals surface area contributed by atoms with Gasteiger partial charge in [-0.05, 0) is 24.1 Å². The van der Waals surface area contributed by atoms with E-state index in [0.29, 0.717) is 5.02 Å². The fourth-order valence-corrected chi connectivity index (χ4v) is 1.77. The molecule has 0 bridgehead atoms. The van der Waals surface area contributed by atoms with Gasteiger partial charge in [-0.25, -0.2) is 0 Å². The van der Waals surface area contributed by atoms with E-state index in [-0.39, 0.29) is 12.5 Å². The average Bonchev–Trinajstić information content (AvgIpc) is 2.21. The van der Waals surface area contributed by atoms with Crippen LogP contribution >= 0.6 is 11.6 Å². The molecule has 4 heteroatoms. The molecule has 2 N–H and O–H groups in total. The van der Waals surface area contributed by atoms with Crippen molar-refractivity contribution in [2.24, 2.45) is 5.73 Å². The van der Waals surface area contributed by atoms with Crippen LogP contribution < -0.4 is 5.73 Å². The minimum absolute atomic E-state index is 0.190. The number of methoxy groups -OCH3 is 1. The fraction of sp³-hybridized carbons (Fsp3) is 0.364. The Morgan fingerprint density at radius 2 is 2.27 bits per heavy atom. The molecule has 3 nitrogen and oxygen atoms in total. The van der Waals surface area contributed by atoms with Crippen LogP contribution in [-0.2, 0) is 9.53 Å². The van der Waals surface area contributed by atoms with Crippen molar-refractivity contribution in [3.05, 3.63) is 34.3 Å². The Labute approximate surface area is 94.2 Å². The Morgan fingerprint density at radius 3 is 2.73 bits per heavy atom. The molecule has 1 aromatic rings. The highest BCUT2D eigenvalue weighted by Crippen LogP contribution is 2.25. The quantitative estimate of drug-likeness (QED) is 0.802. The minimum atomic E-state index is -0.483. The van der Waals surface area contributed by atoms with Crippen LogP contribution in [0.3, 0.4) is 0 Å². The van der Waals surface area contributed by atoms with E-state index >= 15 is 0 Å². The number of hydrogen-bond acceptors (Lipinski definition) is 3. The number of esters is 1. The number of hydrogen-bond donors (Lipinski definition) is 1. The average molecular weight is 228 g/mol. The normalized spacial score (nSPS) is 12.3. The van der Waals surface area contributed by atoms with Crippen molar-refractivity contribution in [1.82, 2.24) is 0 Å². The van der Waals surface area contributed by atoms with Gasteiger partial charge in [-0.3, -0.25) is 4.79 Å². The number of benzene rings is 1. The van der Waals surface area contributed by atoms with Gasteiger partial charge in [0, 0.05) is 11.6 Å². The Kier molecular flexibility index (Phi) is 4.12. The number of aryl methyl sites for hydroxylation is 1. The Hall–Kier alpha value is -1.06. The van der Waals surface area contributed by atoms with E-state index < -0.39 is 5.92 Å². The van der Waals surface area contributed by atoms with Crippen molar-refractivity contribution in [1.29, 1.82) is 0 Å². The highest BCUT2D eigenvalue weighted by molar-refractivity contribution is 6.31. The molecule has 82 valence electrons. The summed E-state index contributed by atoms with van der Waals surface area (Å²) in [6.07, 6.45) is 0. The van der Waals surface area contributed by atoms with Gasteiger partial charge in [-0.15, -0.1) is 0 Å². The van der Waals surface area contributed by atoms with Crippen LogP contribution in [0.4, 0.5) is 0 Å². The van der Waals surface area contributed by atoms with Crippen LogP contribution in [0.15, 0.2) is 18.2 Å². The molecule has 1 aromatic carbocycles. The summed E-state index contributed by atoms with van der Waals surface area (Å²) in [5.74, 6) is -0.841. The maximum atomic E-state index is 11.4. The standard InChI is InChI=1S/C11H14ClNO2/c1-7-3-4-8(10(12)5-7)9(6-13)11(14)15-2/h3-5,9H,6,13H2,1-2H3. The van der Waals surface area contributed by atoms with Gasteiger partial charge in [-0.1, -0.05) is 23.7 Å². The van der Waals surface area contributed by atoms with Crippen LogP contribution in [0.5, 0.6) is 0 Å². The van der Waals surface area contributed by atoms with Gasteiger partial charge >= 0.3 is 5.97 Å². The van der Waals surface area contributed by atoms with Crippen LogP contribution in [-0.4, -0.2) is 19.6 Å². The molecule has 1 rings (SSSR count). The third-order valence-electron chi connectivity index (χ3n) is 2.25. The Balaban J connectivity index is 3.07. The predicted molar refractivity (Wildman–Crippen MR) is 60.0 cm³/mol. The van der Waals surface area contributed by atoms with Gasteiger partial charge in [0.1, 0.15) is 0 Å². The third-order valence-corrected chi connectivity index (χ3v) is 2.58. The van der Waals surface area contributed by atoms with Crippen molar-refractivity contribution < 1.29 is 9.53 Å². The van der Waals surface area contributed by atoms with Gasteiger partial charge in [-0.2, -0.15) is 0 Å². The Morgan fingerprint density at radius 1 is 1.60 bits per heavy atom. The van der Waals surface area contributed by atoms with Crippen molar-refractivity contribution in [3.8, 4) is 0 Å². The zero-order valence-corrected chi connectivity index (χ0v) is 9.54. The number of ether oxygens (including phenoxy) is 1. The minimum Gasteiger partial charge on any atom is -0.469 e. The highest BCUT2D eigenvalue weighted by atomic mass is 35.5. The van der Waals surface area contributed by atoms with Gasteiger partial charge in [0.15, 0.2) is 0 Å². The molecule has 0 fully saturated rings. The molecule has 0 saturated heterocycles. The van der Waals surface area contributed by atoms with Crippen molar-refractivity contribution in [2.75, 3.05) is 13.7 Å². The van der Waals surface area contributed by atoms with E-state index in [2.05, 4.69) is 4.74 Å². The lowest BCUT2D eigenvalue weighted by Crippen LogP contribution is -2.23. The molecule has 0 saturated carbocycles. The molecule has 0 aliphatic rings. The number of halogens is 1. The fourth-order valence-electron chi connectivity index (χ4n) is 1.41. The lowest BCUT2D eigenvalue weighted by atomic mass is 9.98. The van der Waals surface area contributed by atoms with Crippen molar-refractivity contribution in [2.45, 2.75) is 12.8 Å². The van der Waals surface area contributed by atoms with Crippen LogP contribution in [0.1, 0.15) is 17.0 Å². The molecule has 0 aliphatic carbocycles. The molecular weight excluding hydrogens is 214 g/mol. The van der Waals surface area contributed by atoms with Gasteiger partial charge in [0.05, 0.1) is 13.0 Å². The second-order valence-corrected chi connectivity index (χ2v) is 3.74. The number of rotatable bonds is 3. The summed E-state index contributed by atoms with van der Waals surface area (Å²) < 4.78 is 4.67. The number of carbonyl (C=O) groups excluding carboxylic acids is 1. The second kappa shape index (κ2) is 5.14. The molecular formula is C11H14ClNO2. The summed E-state index contributed by atoms with van der Waals surface area (Å²) in [6, 6.07) is 5.52. The van der Waals surface area contributed by atoms with E-state index in [1.54, 1.807) is 0 Å². The van der Waals surface area contributed by atoms with E-state index in [1.165, 1.54) is 7.11 Å². The first kappa shape index (κ1) is 12.0. The van der Waals surface area contributed by atoms with E-state index in [0.717, 1.165) is 11.1 Å². The number of nitrogens with two attached hydrogens (primary N) is 1. The maximum Gasteiger partial charge on any atom is 0.314 e. The smallest absolute Gasteiger partial charge is 0.314 e. The molecule has 0 amide bonds. The van der Waals surface area contributed by atoms with Gasteiger partial charge in [0.2, 0.25) is 0 Å². The van der Waals surface area contributed by atoms with Gasteiger partial charge in [0.25, 0.3) is 0 Å². The van der Waals surface area contributed by atoms with Crippen molar-refractivity contribution in [3.63, 3.8) is 0 Å². The first-order valence-electron chi connectivity index (χ1n) is 4.64. The summed E-state index contributed by atoms with van der Waals surface area (Å²) in [5.41, 5.74) is 7.29. The first-order valence-corrected chi connectivity index (χ1v) is 5.02. The number of carbonyl (C=O) groups is 1. The molecule has 1 unspecified atom stereocenters. The third kappa shape index (κ3) is 2.70. The zero-order chi connectivity index (χ0) is 11.4. The molecule has 15 heavy (non-hydrogen) atoms. The van der Waals surface area contributed by atoms with E-state index in [9.17, 15) is 4.79 Å². The summed E-state index contributed by atoms with van der Waals surface area (Å²) in [7, 11) is 1.34. The summed E-state index contributed by atoms with van der Waals surface area (Å²) >= 11 is 6.04. The van der Waals surface area contributed by atoms with E-state index in [1.807, 2.05) is 25.1 Å². The lowest BCUT2D eigenvalue weighted by Gasteiger charge is -2.14. The first-order chi connectivity index (χ1) is 7.10. The SMILES string of the molecule is COC(=O)C(CN)c1ccc(C)cc1Cl. The van der Waals surface area contributed by atoms with Crippen molar-refractivity contribution >= 4 is 17.6 Å². The second-order valence-electron chi connectivity index (χ2n) is 3.34.